The number of nitrogen functional groups attached to an aromatic ring is 1. The van der Waals surface area contributed by atoms with Crippen LogP contribution in [0.4, 0.5) is 5.82 Å². The quantitative estimate of drug-likeness (QED) is 0.475. The molecule has 4 heterocycles. The highest BCUT2D eigenvalue weighted by molar-refractivity contribution is 7.18. The molecular weight excluding hydrogens is 390 g/mol. The van der Waals surface area contributed by atoms with Crippen molar-refractivity contribution in [1.29, 1.82) is 0 Å². The lowest BCUT2D eigenvalue weighted by atomic mass is 10.1. The fraction of sp³-hybridized carbons (Fsp3) is 0.0526. The molecule has 10 heteroatoms. The van der Waals surface area contributed by atoms with E-state index in [0.717, 1.165) is 16.0 Å². The van der Waals surface area contributed by atoms with Crippen molar-refractivity contribution in [1.82, 2.24) is 30.4 Å². The second-order valence-corrected chi connectivity index (χ2v) is 7.12. The lowest BCUT2D eigenvalue weighted by Gasteiger charge is -2.04. The first kappa shape index (κ1) is 17.2. The summed E-state index contributed by atoms with van der Waals surface area (Å²) in [6.07, 6.45) is 3.31. The van der Waals surface area contributed by atoms with Crippen LogP contribution in [-0.4, -0.2) is 30.4 Å². The van der Waals surface area contributed by atoms with Gasteiger partial charge in [0.1, 0.15) is 15.7 Å². The van der Waals surface area contributed by atoms with Gasteiger partial charge in [-0.3, -0.25) is 0 Å². The molecule has 0 aliphatic heterocycles. The maximum absolute atomic E-state index is 5.91. The van der Waals surface area contributed by atoms with Gasteiger partial charge >= 0.3 is 0 Å². The third-order valence-corrected chi connectivity index (χ3v) is 5.09. The summed E-state index contributed by atoms with van der Waals surface area (Å²) in [5, 5.41) is 16.9. The zero-order valence-electron chi connectivity index (χ0n) is 15.1. The van der Waals surface area contributed by atoms with Crippen molar-refractivity contribution < 1.29 is 8.83 Å². The molecule has 0 bridgehead atoms. The lowest BCUT2D eigenvalue weighted by Crippen LogP contribution is -1.93. The van der Waals surface area contributed by atoms with Crippen molar-refractivity contribution in [3.05, 3.63) is 54.7 Å². The van der Waals surface area contributed by atoms with Crippen LogP contribution in [0.25, 0.3) is 44.2 Å². The Balaban J connectivity index is 1.57. The molecule has 29 heavy (non-hydrogen) atoms. The SMILES string of the molecule is Cc1nnc(-c2cnc(-c3cnc(N)cc3-c3nnc(-c4ccccc4)o3)s2)o1. The summed E-state index contributed by atoms with van der Waals surface area (Å²) in [5.41, 5.74) is 8.11. The Hall–Kier alpha value is -3.92. The van der Waals surface area contributed by atoms with Crippen LogP contribution in [0.3, 0.4) is 0 Å². The molecule has 4 aromatic heterocycles. The van der Waals surface area contributed by atoms with Crippen LogP contribution in [-0.2, 0) is 0 Å². The Morgan fingerprint density at radius 1 is 0.828 bits per heavy atom. The van der Waals surface area contributed by atoms with E-state index in [9.17, 15) is 0 Å². The lowest BCUT2D eigenvalue weighted by molar-refractivity contribution is 0.534. The average molecular weight is 403 g/mol. The molecule has 0 amide bonds. The van der Waals surface area contributed by atoms with Crippen molar-refractivity contribution in [3.63, 3.8) is 0 Å². The summed E-state index contributed by atoms with van der Waals surface area (Å²) in [6, 6.07) is 11.2. The predicted molar refractivity (Wildman–Crippen MR) is 107 cm³/mol. The molecule has 0 saturated heterocycles. The van der Waals surface area contributed by atoms with Crippen molar-refractivity contribution >= 4 is 17.2 Å². The Morgan fingerprint density at radius 3 is 2.41 bits per heavy atom. The maximum Gasteiger partial charge on any atom is 0.259 e. The monoisotopic (exact) mass is 403 g/mol. The molecule has 5 aromatic rings. The zero-order valence-corrected chi connectivity index (χ0v) is 15.9. The highest BCUT2D eigenvalue weighted by Crippen LogP contribution is 2.37. The van der Waals surface area contributed by atoms with Crippen molar-refractivity contribution in [2.24, 2.45) is 0 Å². The molecule has 2 N–H and O–H groups in total. The Bertz CT molecular complexity index is 1290. The molecule has 9 nitrogen and oxygen atoms in total. The fourth-order valence-electron chi connectivity index (χ4n) is 2.74. The van der Waals surface area contributed by atoms with E-state index in [-0.39, 0.29) is 0 Å². The van der Waals surface area contributed by atoms with Crippen molar-refractivity contribution in [3.8, 4) is 44.2 Å². The first-order valence-corrected chi connectivity index (χ1v) is 9.40. The molecule has 0 spiro atoms. The second kappa shape index (κ2) is 6.91. The van der Waals surface area contributed by atoms with E-state index in [1.54, 1.807) is 25.4 Å². The predicted octanol–water partition coefficient (Wildman–Crippen LogP) is 3.86. The molecule has 142 valence electrons. The summed E-state index contributed by atoms with van der Waals surface area (Å²) in [5.74, 6) is 2.00. The Morgan fingerprint density at radius 2 is 1.62 bits per heavy atom. The zero-order chi connectivity index (χ0) is 19.8. The van der Waals surface area contributed by atoms with Gasteiger partial charge in [-0.25, -0.2) is 9.97 Å². The minimum absolute atomic E-state index is 0.332. The number of nitrogens with two attached hydrogens (primary N) is 1. The number of benzene rings is 1. The van der Waals surface area contributed by atoms with Crippen LogP contribution < -0.4 is 5.73 Å². The number of hydrogen-bond acceptors (Lipinski definition) is 10. The van der Waals surface area contributed by atoms with E-state index in [1.165, 1.54) is 11.3 Å². The van der Waals surface area contributed by atoms with Gasteiger partial charge in [0, 0.05) is 24.2 Å². The van der Waals surface area contributed by atoms with E-state index in [0.29, 0.717) is 40.0 Å². The number of aromatic nitrogens is 6. The van der Waals surface area contributed by atoms with E-state index >= 15 is 0 Å². The molecule has 0 aliphatic rings. The Kier molecular flexibility index (Phi) is 4.10. The van der Waals surface area contributed by atoms with E-state index in [2.05, 4.69) is 30.4 Å². The van der Waals surface area contributed by atoms with Gasteiger partial charge in [0.05, 0.1) is 11.8 Å². The average Bonchev–Trinajstić information content (AvgIpc) is 3.49. The van der Waals surface area contributed by atoms with Crippen LogP contribution >= 0.6 is 11.3 Å². The third kappa shape index (κ3) is 3.25. The number of hydrogen-bond donors (Lipinski definition) is 1. The van der Waals surface area contributed by atoms with Gasteiger partial charge in [0.2, 0.25) is 17.7 Å². The molecule has 0 saturated carbocycles. The standard InChI is InChI=1S/C19H13N7O2S/c1-10-23-26-18(27-10)14-9-22-19(29-14)13-8-21-15(20)7-12(13)17-25-24-16(28-17)11-5-3-2-4-6-11/h2-9H,1H3,(H2,20,21). The van der Waals surface area contributed by atoms with Gasteiger partial charge in [-0.05, 0) is 18.2 Å². The van der Waals surface area contributed by atoms with Crippen LogP contribution in [0.2, 0.25) is 0 Å². The summed E-state index contributed by atoms with van der Waals surface area (Å²) >= 11 is 1.39. The first-order valence-electron chi connectivity index (χ1n) is 8.59. The van der Waals surface area contributed by atoms with Crippen LogP contribution in [0, 0.1) is 6.92 Å². The molecule has 1 aromatic carbocycles. The van der Waals surface area contributed by atoms with Gasteiger partial charge in [-0.2, -0.15) is 0 Å². The van der Waals surface area contributed by atoms with Crippen molar-refractivity contribution in [2.75, 3.05) is 5.73 Å². The minimum atomic E-state index is 0.332. The minimum Gasteiger partial charge on any atom is -0.420 e. The maximum atomic E-state index is 5.91. The van der Waals surface area contributed by atoms with Gasteiger partial charge in [0.15, 0.2) is 0 Å². The van der Waals surface area contributed by atoms with E-state index < -0.39 is 0 Å². The smallest absolute Gasteiger partial charge is 0.259 e. The Labute approximate surface area is 168 Å². The summed E-state index contributed by atoms with van der Waals surface area (Å²) in [6.45, 7) is 1.74. The number of thiazole rings is 1. The first-order chi connectivity index (χ1) is 14.2. The molecule has 0 fully saturated rings. The van der Waals surface area contributed by atoms with Gasteiger partial charge in [0.25, 0.3) is 5.89 Å². The van der Waals surface area contributed by atoms with Gasteiger partial charge in [-0.15, -0.1) is 31.7 Å². The second-order valence-electron chi connectivity index (χ2n) is 6.09. The largest absolute Gasteiger partial charge is 0.420 e. The normalized spacial score (nSPS) is 11.1. The van der Waals surface area contributed by atoms with Crippen LogP contribution in [0.1, 0.15) is 5.89 Å². The number of nitrogens with zero attached hydrogens (tertiary/aromatic N) is 6. The highest BCUT2D eigenvalue weighted by atomic mass is 32.1. The molecule has 5 rings (SSSR count). The van der Waals surface area contributed by atoms with Crippen LogP contribution in [0.5, 0.6) is 0 Å². The molecule has 0 radical (unpaired) electrons. The molecular formula is C19H13N7O2S. The van der Waals surface area contributed by atoms with Gasteiger partial charge in [-0.1, -0.05) is 18.2 Å². The van der Waals surface area contributed by atoms with Crippen molar-refractivity contribution in [2.45, 2.75) is 6.92 Å². The molecule has 0 unspecified atom stereocenters. The van der Waals surface area contributed by atoms with E-state index in [4.69, 9.17) is 14.6 Å². The highest BCUT2D eigenvalue weighted by Gasteiger charge is 2.19. The number of pyridine rings is 1. The number of anilines is 1. The molecule has 0 atom stereocenters. The number of aryl methyl sites for hydroxylation is 1. The van der Waals surface area contributed by atoms with Gasteiger partial charge < -0.3 is 14.6 Å². The van der Waals surface area contributed by atoms with Crippen LogP contribution in [0.15, 0.2) is 57.6 Å². The number of rotatable bonds is 4. The third-order valence-electron chi connectivity index (χ3n) is 4.07. The molecule has 0 aliphatic carbocycles. The topological polar surface area (TPSA) is 130 Å². The summed E-state index contributed by atoms with van der Waals surface area (Å²) in [7, 11) is 0. The summed E-state index contributed by atoms with van der Waals surface area (Å²) in [4.78, 5) is 9.42. The van der Waals surface area contributed by atoms with E-state index in [1.807, 2.05) is 30.3 Å². The fourth-order valence-corrected chi connectivity index (χ4v) is 3.60. The summed E-state index contributed by atoms with van der Waals surface area (Å²) < 4.78 is 11.4.